The highest BCUT2D eigenvalue weighted by Gasteiger charge is 2.45. The second kappa shape index (κ2) is 20.3. The van der Waals surface area contributed by atoms with Crippen molar-refractivity contribution < 1.29 is 47.8 Å². The Morgan fingerprint density at radius 2 is 1.65 bits per heavy atom. The summed E-state index contributed by atoms with van der Waals surface area (Å²) in [6, 6.07) is 2.99. The lowest BCUT2D eigenvalue weighted by molar-refractivity contribution is -0.152. The number of nitrogens with one attached hydrogen (secondary N) is 4. The van der Waals surface area contributed by atoms with E-state index in [4.69, 9.17) is 16.3 Å². The first-order valence-corrected chi connectivity index (χ1v) is 20.4. The summed E-state index contributed by atoms with van der Waals surface area (Å²) in [6.07, 6.45) is 1.13. The van der Waals surface area contributed by atoms with Crippen LogP contribution in [0.15, 0.2) is 42.5 Å². The van der Waals surface area contributed by atoms with Crippen LogP contribution in [0, 0.1) is 11.7 Å². The van der Waals surface area contributed by atoms with Crippen LogP contribution in [-0.4, -0.2) is 156 Å². The first kappa shape index (κ1) is 45.7. The summed E-state index contributed by atoms with van der Waals surface area (Å²) in [4.78, 5) is 101. The Morgan fingerprint density at radius 3 is 2.33 bits per heavy atom. The highest BCUT2D eigenvalue weighted by atomic mass is 35.5. The Kier molecular flexibility index (Phi) is 15.5. The van der Waals surface area contributed by atoms with Crippen LogP contribution >= 0.6 is 11.6 Å². The number of hydrogen-bond acceptors (Lipinski definition) is 10. The molecular formula is C41H54ClFN8O9. The molecule has 60 heavy (non-hydrogen) atoms. The monoisotopic (exact) mass is 856 g/mol. The molecule has 5 rings (SSSR count). The van der Waals surface area contributed by atoms with Crippen LogP contribution in [0.25, 0.3) is 0 Å². The van der Waals surface area contributed by atoms with Gasteiger partial charge in [-0.05, 0) is 82.0 Å². The van der Waals surface area contributed by atoms with Crippen molar-refractivity contribution in [1.82, 2.24) is 35.6 Å². The van der Waals surface area contributed by atoms with Crippen LogP contribution in [0.3, 0.4) is 0 Å². The number of benzene rings is 2. The van der Waals surface area contributed by atoms with Crippen molar-refractivity contribution in [3.8, 4) is 5.75 Å². The van der Waals surface area contributed by atoms with Gasteiger partial charge in [0.15, 0.2) is 5.78 Å². The summed E-state index contributed by atoms with van der Waals surface area (Å²) in [5, 5.41) is 20.7. The van der Waals surface area contributed by atoms with E-state index in [1.807, 2.05) is 11.8 Å². The molecule has 3 aliphatic rings. The number of carbonyl (C=O) groups excluding carboxylic acids is 7. The fourth-order valence-electron chi connectivity index (χ4n) is 7.99. The minimum atomic E-state index is -1.53. The molecule has 0 radical (unpaired) electrons. The number of piperazine rings is 1. The number of ether oxygens (including phenoxy) is 1. The average Bonchev–Trinajstić information content (AvgIpc) is 3.87. The number of carbonyl (C=O) groups is 7. The first-order chi connectivity index (χ1) is 28.5. The lowest BCUT2D eigenvalue weighted by Crippen LogP contribution is -2.65. The van der Waals surface area contributed by atoms with Gasteiger partial charge in [-0.15, -0.1) is 0 Å². The zero-order chi connectivity index (χ0) is 43.8. The summed E-state index contributed by atoms with van der Waals surface area (Å²) >= 11 is 5.84. The Labute approximate surface area is 353 Å². The SMILES string of the molecule is COc1cccc(C[C@H](NC(=O)Nc2ccc(Cl)cc2F)C(=O)N[C@@H](CO)C(=O)N2CCC[C@H]2C(=O)N2CCN(C)C[C@H]2C(=O)N[C@@H](C)C(=O)N2C[C@H](C)C[C@H]2C(C)=O)c1. The third-order valence-electron chi connectivity index (χ3n) is 11.2. The van der Waals surface area contributed by atoms with E-state index >= 15 is 0 Å². The molecule has 0 unspecified atom stereocenters. The van der Waals surface area contributed by atoms with E-state index in [9.17, 15) is 43.1 Å². The molecule has 2 aromatic rings. The van der Waals surface area contributed by atoms with Crippen molar-refractivity contribution in [1.29, 1.82) is 0 Å². The summed E-state index contributed by atoms with van der Waals surface area (Å²) in [6.45, 7) is 5.36. The molecule has 0 aliphatic carbocycles. The highest BCUT2D eigenvalue weighted by molar-refractivity contribution is 6.30. The summed E-state index contributed by atoms with van der Waals surface area (Å²) < 4.78 is 19.8. The maximum atomic E-state index is 14.5. The number of ketones is 1. The molecule has 5 N–H and O–H groups in total. The number of aliphatic hydroxyl groups excluding tert-OH is 1. The number of halogens is 2. The van der Waals surface area contributed by atoms with Crippen molar-refractivity contribution >= 4 is 58.6 Å². The lowest BCUT2D eigenvalue weighted by atomic mass is 10.0. The number of rotatable bonds is 14. The van der Waals surface area contributed by atoms with Crippen LogP contribution in [0.1, 0.15) is 45.6 Å². The lowest BCUT2D eigenvalue weighted by Gasteiger charge is -2.41. The van der Waals surface area contributed by atoms with Crippen molar-refractivity contribution in [3.63, 3.8) is 0 Å². The Bertz CT molecular complexity index is 1960. The number of aliphatic hydroxyl groups is 1. The van der Waals surface area contributed by atoms with Gasteiger partial charge in [0, 0.05) is 44.2 Å². The number of methoxy groups -OCH3 is 1. The van der Waals surface area contributed by atoms with E-state index < -0.39 is 84.2 Å². The molecule has 7 amide bonds. The molecule has 17 nitrogen and oxygen atoms in total. The minimum Gasteiger partial charge on any atom is -0.497 e. The smallest absolute Gasteiger partial charge is 0.319 e. The molecule has 2 aromatic carbocycles. The van der Waals surface area contributed by atoms with Crippen molar-refractivity contribution in [3.05, 3.63) is 58.9 Å². The maximum Gasteiger partial charge on any atom is 0.319 e. The maximum absolute atomic E-state index is 14.5. The van der Waals surface area contributed by atoms with Gasteiger partial charge in [-0.3, -0.25) is 28.8 Å². The Hall–Kier alpha value is -5.33. The van der Waals surface area contributed by atoms with Gasteiger partial charge in [-0.2, -0.15) is 0 Å². The first-order valence-electron chi connectivity index (χ1n) is 20.0. The number of urea groups is 1. The number of amides is 7. The van der Waals surface area contributed by atoms with Crippen LogP contribution in [0.5, 0.6) is 5.75 Å². The van der Waals surface area contributed by atoms with E-state index in [1.165, 1.54) is 40.9 Å². The number of likely N-dealkylation sites (tertiary alicyclic amines) is 2. The minimum absolute atomic E-state index is 0.0950. The zero-order valence-corrected chi connectivity index (χ0v) is 35.2. The van der Waals surface area contributed by atoms with E-state index in [-0.39, 0.29) is 54.9 Å². The van der Waals surface area contributed by atoms with Crippen molar-refractivity contribution in [2.75, 3.05) is 58.8 Å². The zero-order valence-electron chi connectivity index (χ0n) is 34.4. The summed E-state index contributed by atoms with van der Waals surface area (Å²) in [5.74, 6) is -3.38. The number of likely N-dealkylation sites (N-methyl/N-ethyl adjacent to an activating group) is 1. The molecule has 3 heterocycles. The van der Waals surface area contributed by atoms with Crippen LogP contribution in [-0.2, 0) is 35.2 Å². The Morgan fingerprint density at radius 1 is 0.900 bits per heavy atom. The number of nitrogens with zero attached hydrogens (tertiary/aromatic N) is 4. The quantitative estimate of drug-likeness (QED) is 0.183. The molecule has 3 fully saturated rings. The van der Waals surface area contributed by atoms with Gasteiger partial charge in [-0.1, -0.05) is 30.7 Å². The molecule has 7 atom stereocenters. The third kappa shape index (κ3) is 11.1. The standard InChI is InChI=1S/C41H54ClFN8O9/c1-23-16-34(25(3)53)51(20-23)38(56)24(2)44-37(55)35-21-48(4)14-15-50(35)40(58)33-10-7-13-49(33)39(57)32(22-52)45-36(54)31(18-26-8-6-9-28(17-26)60-5)47-41(59)46-30-12-11-27(42)19-29(30)43/h6,8-9,11-12,17,19,23-24,31-35,52H,7,10,13-16,18,20-22H2,1-5H3,(H,44,55)(H,45,54)(H2,46,47,59)/t23-,24+,31+,32+,33+,34+,35+/m1/s1. The van der Waals surface area contributed by atoms with Crippen LogP contribution in [0.4, 0.5) is 14.9 Å². The molecule has 0 saturated carbocycles. The summed E-state index contributed by atoms with van der Waals surface area (Å²) in [7, 11) is 3.27. The third-order valence-corrected chi connectivity index (χ3v) is 11.4. The molecule has 0 aromatic heterocycles. The van der Waals surface area contributed by atoms with Gasteiger partial charge in [0.05, 0.1) is 25.4 Å². The molecule has 19 heteroatoms. The molecule has 3 aliphatic heterocycles. The van der Waals surface area contributed by atoms with E-state index in [2.05, 4.69) is 21.3 Å². The molecule has 3 saturated heterocycles. The van der Waals surface area contributed by atoms with Gasteiger partial charge in [0.1, 0.15) is 41.8 Å². The number of hydrogen-bond donors (Lipinski definition) is 5. The predicted molar refractivity (Wildman–Crippen MR) is 218 cm³/mol. The normalized spacial score (nSPS) is 22.0. The molecule has 326 valence electrons. The topological polar surface area (TPSA) is 210 Å². The number of anilines is 1. The van der Waals surface area contributed by atoms with E-state index in [1.54, 1.807) is 38.2 Å². The van der Waals surface area contributed by atoms with Crippen LogP contribution < -0.4 is 26.0 Å². The largest absolute Gasteiger partial charge is 0.497 e. The fourth-order valence-corrected chi connectivity index (χ4v) is 8.15. The van der Waals surface area contributed by atoms with Gasteiger partial charge < -0.3 is 50.7 Å². The predicted octanol–water partition coefficient (Wildman–Crippen LogP) is 1.16. The van der Waals surface area contributed by atoms with Crippen molar-refractivity contribution in [2.45, 2.75) is 82.7 Å². The second-order valence-corrected chi connectivity index (χ2v) is 16.2. The van der Waals surface area contributed by atoms with Crippen LogP contribution in [0.2, 0.25) is 5.02 Å². The van der Waals surface area contributed by atoms with E-state index in [0.29, 0.717) is 37.2 Å². The van der Waals surface area contributed by atoms with Gasteiger partial charge in [0.2, 0.25) is 29.5 Å². The molecule has 0 spiro atoms. The molecule has 0 bridgehead atoms. The Balaban J connectivity index is 1.28. The second-order valence-electron chi connectivity index (χ2n) is 15.8. The van der Waals surface area contributed by atoms with Gasteiger partial charge in [0.25, 0.3) is 0 Å². The fraction of sp³-hybridized carbons (Fsp3) is 0.537. The highest BCUT2D eigenvalue weighted by Crippen LogP contribution is 2.26. The van der Waals surface area contributed by atoms with Crippen molar-refractivity contribution in [2.24, 2.45) is 5.92 Å². The number of Topliss-reactive ketones (excluding diaryl/α,β-unsaturated/α-hetero) is 1. The van der Waals surface area contributed by atoms with Gasteiger partial charge >= 0.3 is 6.03 Å². The average molecular weight is 857 g/mol. The summed E-state index contributed by atoms with van der Waals surface area (Å²) in [5.41, 5.74) is 0.369. The van der Waals surface area contributed by atoms with Gasteiger partial charge in [-0.25, -0.2) is 9.18 Å². The molecular weight excluding hydrogens is 803 g/mol. The van der Waals surface area contributed by atoms with E-state index in [0.717, 1.165) is 6.07 Å².